The van der Waals surface area contributed by atoms with Crippen LogP contribution in [-0.2, 0) is 33.6 Å². The number of aliphatic imine (C=N–C) groups is 1. The van der Waals surface area contributed by atoms with E-state index in [0.717, 1.165) is 0 Å². The van der Waals surface area contributed by atoms with Crippen molar-refractivity contribution in [3.05, 3.63) is 0 Å². The molecule has 48 heavy (non-hydrogen) atoms. The Morgan fingerprint density at radius 1 is 0.542 bits per heavy atom. The molecule has 6 amide bonds. The molecule has 0 saturated carbocycles. The standard InChI is InChI=1S/C28H54N12O8/c29-13-3-1-6-16(31)23(43)37-18(8-5-15-36-28(34)35)24(44)39-19(9-11-21(32)41)26(46)38-17(7-2-4-14-30)25(45)40-20(27(47)48)10-12-22(33)42/h16-20H,1-15,29-31H2,(H2,32,41)(H2,33,42)(H,37,43)(H,38,46)(H,39,44)(H,40,45)(H,47,48)(H4,34,35,36). The van der Waals surface area contributed by atoms with E-state index in [1.54, 1.807) is 0 Å². The van der Waals surface area contributed by atoms with Gasteiger partial charge in [0.15, 0.2) is 5.96 Å². The molecule has 0 aliphatic carbocycles. The second-order valence-corrected chi connectivity index (χ2v) is 11.2. The van der Waals surface area contributed by atoms with Crippen molar-refractivity contribution in [1.29, 1.82) is 0 Å². The quantitative estimate of drug-likeness (QED) is 0.0219. The number of nitrogens with one attached hydrogen (secondary N) is 4. The molecule has 0 bridgehead atoms. The number of guanidine groups is 1. The molecule has 0 aliphatic rings. The van der Waals surface area contributed by atoms with Gasteiger partial charge in [-0.3, -0.25) is 33.8 Å². The van der Waals surface area contributed by atoms with Gasteiger partial charge < -0.3 is 66.5 Å². The maximum atomic E-state index is 13.5. The summed E-state index contributed by atoms with van der Waals surface area (Å²) in [6, 6.07) is -6.30. The van der Waals surface area contributed by atoms with Crippen molar-refractivity contribution in [2.24, 2.45) is 45.1 Å². The predicted octanol–water partition coefficient (Wildman–Crippen LogP) is -4.82. The van der Waals surface area contributed by atoms with Crippen molar-refractivity contribution < 1.29 is 38.7 Å². The summed E-state index contributed by atoms with van der Waals surface area (Å²) < 4.78 is 0. The zero-order valence-electron chi connectivity index (χ0n) is 27.3. The number of amides is 6. The average Bonchev–Trinajstić information content (AvgIpc) is 3.01. The molecule has 274 valence electrons. The van der Waals surface area contributed by atoms with Gasteiger partial charge in [0.25, 0.3) is 0 Å². The van der Waals surface area contributed by atoms with Crippen molar-refractivity contribution in [3.63, 3.8) is 0 Å². The molecule has 0 rings (SSSR count). The van der Waals surface area contributed by atoms with Crippen molar-refractivity contribution >= 4 is 47.4 Å². The summed E-state index contributed by atoms with van der Waals surface area (Å²) in [7, 11) is 0. The van der Waals surface area contributed by atoms with E-state index in [1.807, 2.05) is 0 Å². The van der Waals surface area contributed by atoms with Crippen LogP contribution in [0.3, 0.4) is 0 Å². The molecule has 5 atom stereocenters. The number of hydrogen-bond acceptors (Lipinski definition) is 11. The first-order chi connectivity index (χ1) is 22.6. The Bertz CT molecular complexity index is 1100. The Kier molecular flexibility index (Phi) is 22.3. The SMILES string of the molecule is NCCCCC(N)C(=O)NC(CCCN=C(N)N)C(=O)NC(CCC(N)=O)C(=O)NC(CCCCN)C(=O)NC(CCC(N)=O)C(=O)O. The minimum Gasteiger partial charge on any atom is -0.480 e. The molecule has 0 saturated heterocycles. The lowest BCUT2D eigenvalue weighted by atomic mass is 10.0. The van der Waals surface area contributed by atoms with Crippen LogP contribution >= 0.6 is 0 Å². The highest BCUT2D eigenvalue weighted by atomic mass is 16.4. The number of primary amides is 2. The lowest BCUT2D eigenvalue weighted by molar-refractivity contribution is -0.142. The van der Waals surface area contributed by atoms with Crippen molar-refractivity contribution in [2.75, 3.05) is 19.6 Å². The van der Waals surface area contributed by atoms with Crippen LogP contribution in [-0.4, -0.2) is 102 Å². The highest BCUT2D eigenvalue weighted by Gasteiger charge is 2.32. The number of carboxylic acid groups (broad SMARTS) is 1. The Labute approximate surface area is 279 Å². The van der Waals surface area contributed by atoms with Gasteiger partial charge in [0.2, 0.25) is 35.4 Å². The zero-order chi connectivity index (χ0) is 36.6. The molecular weight excluding hydrogens is 632 g/mol. The van der Waals surface area contributed by atoms with E-state index < -0.39 is 71.6 Å². The molecule has 0 spiro atoms. The lowest BCUT2D eigenvalue weighted by Gasteiger charge is -2.26. The zero-order valence-corrected chi connectivity index (χ0v) is 27.3. The summed E-state index contributed by atoms with van der Waals surface area (Å²) in [6.45, 7) is 0.833. The van der Waals surface area contributed by atoms with Gasteiger partial charge in [-0.05, 0) is 70.9 Å². The number of nitrogens with two attached hydrogens (primary N) is 7. The van der Waals surface area contributed by atoms with Crippen LogP contribution in [0, 0.1) is 0 Å². The number of nitrogens with zero attached hydrogens (tertiary/aromatic N) is 1. The summed E-state index contributed by atoms with van der Waals surface area (Å²) in [5.41, 5.74) is 38.2. The second kappa shape index (κ2) is 24.6. The average molecular weight is 687 g/mol. The fourth-order valence-corrected chi connectivity index (χ4v) is 4.37. The van der Waals surface area contributed by atoms with E-state index in [9.17, 15) is 38.7 Å². The molecule has 20 heteroatoms. The first kappa shape index (κ1) is 43.4. The normalized spacial score (nSPS) is 13.9. The third-order valence-electron chi connectivity index (χ3n) is 7.07. The number of hydrogen-bond donors (Lipinski definition) is 12. The number of carbonyl (C=O) groups is 7. The Balaban J connectivity index is 6.06. The maximum Gasteiger partial charge on any atom is 0.326 e. The van der Waals surface area contributed by atoms with Gasteiger partial charge in [-0.1, -0.05) is 6.42 Å². The van der Waals surface area contributed by atoms with Crippen molar-refractivity contribution in [1.82, 2.24) is 21.3 Å². The van der Waals surface area contributed by atoms with E-state index in [-0.39, 0.29) is 64.0 Å². The molecule has 0 aliphatic heterocycles. The molecule has 19 N–H and O–H groups in total. The molecule has 0 aromatic carbocycles. The molecule has 0 aromatic rings. The summed E-state index contributed by atoms with van der Waals surface area (Å²) in [4.78, 5) is 91.2. The minimum atomic E-state index is -1.48. The first-order valence-corrected chi connectivity index (χ1v) is 15.8. The summed E-state index contributed by atoms with van der Waals surface area (Å²) in [6.07, 6.45) is 1.51. The van der Waals surface area contributed by atoms with Crippen LogP contribution in [0.15, 0.2) is 4.99 Å². The summed E-state index contributed by atoms with van der Waals surface area (Å²) >= 11 is 0. The second-order valence-electron chi connectivity index (χ2n) is 11.2. The fraction of sp³-hybridized carbons (Fsp3) is 0.714. The highest BCUT2D eigenvalue weighted by molar-refractivity contribution is 5.95. The monoisotopic (exact) mass is 686 g/mol. The fourth-order valence-electron chi connectivity index (χ4n) is 4.37. The molecule has 20 nitrogen and oxygen atoms in total. The number of carbonyl (C=O) groups excluding carboxylic acids is 6. The Morgan fingerprint density at radius 3 is 1.38 bits per heavy atom. The third kappa shape index (κ3) is 19.8. The molecule has 0 fully saturated rings. The summed E-state index contributed by atoms with van der Waals surface area (Å²) in [5.74, 6) is -6.30. The van der Waals surface area contributed by atoms with Gasteiger partial charge in [0.05, 0.1) is 6.04 Å². The van der Waals surface area contributed by atoms with E-state index in [2.05, 4.69) is 26.3 Å². The highest BCUT2D eigenvalue weighted by Crippen LogP contribution is 2.08. The van der Waals surface area contributed by atoms with Gasteiger partial charge in [0.1, 0.15) is 24.2 Å². The van der Waals surface area contributed by atoms with Crippen LogP contribution < -0.4 is 61.4 Å². The van der Waals surface area contributed by atoms with E-state index >= 15 is 0 Å². The van der Waals surface area contributed by atoms with Gasteiger partial charge in [0, 0.05) is 19.4 Å². The molecule has 0 heterocycles. The minimum absolute atomic E-state index is 0.0406. The lowest BCUT2D eigenvalue weighted by Crippen LogP contribution is -2.58. The van der Waals surface area contributed by atoms with Gasteiger partial charge in [-0.2, -0.15) is 0 Å². The number of rotatable bonds is 27. The maximum absolute atomic E-state index is 13.5. The van der Waals surface area contributed by atoms with E-state index in [1.165, 1.54) is 0 Å². The van der Waals surface area contributed by atoms with Crippen LogP contribution in [0.4, 0.5) is 0 Å². The Hall–Kier alpha value is -4.56. The van der Waals surface area contributed by atoms with Crippen LogP contribution in [0.25, 0.3) is 0 Å². The van der Waals surface area contributed by atoms with Gasteiger partial charge >= 0.3 is 5.97 Å². The van der Waals surface area contributed by atoms with Crippen molar-refractivity contribution in [2.45, 2.75) is 107 Å². The molecule has 0 radical (unpaired) electrons. The number of unbranched alkanes of at least 4 members (excludes halogenated alkanes) is 2. The molecule has 5 unspecified atom stereocenters. The third-order valence-corrected chi connectivity index (χ3v) is 7.07. The first-order valence-electron chi connectivity index (χ1n) is 15.8. The largest absolute Gasteiger partial charge is 0.480 e. The predicted molar refractivity (Wildman–Crippen MR) is 176 cm³/mol. The number of carboxylic acids is 1. The molecule has 0 aromatic heterocycles. The smallest absolute Gasteiger partial charge is 0.326 e. The van der Waals surface area contributed by atoms with Crippen LogP contribution in [0.5, 0.6) is 0 Å². The number of aliphatic carboxylic acids is 1. The van der Waals surface area contributed by atoms with E-state index in [0.29, 0.717) is 38.6 Å². The van der Waals surface area contributed by atoms with Crippen LogP contribution in [0.2, 0.25) is 0 Å². The van der Waals surface area contributed by atoms with E-state index in [4.69, 9.17) is 40.1 Å². The topological polar surface area (TPSA) is 382 Å². The van der Waals surface area contributed by atoms with Crippen molar-refractivity contribution in [3.8, 4) is 0 Å². The van der Waals surface area contributed by atoms with Crippen LogP contribution in [0.1, 0.15) is 77.0 Å². The summed E-state index contributed by atoms with van der Waals surface area (Å²) in [5, 5.41) is 19.4. The van der Waals surface area contributed by atoms with Gasteiger partial charge in [-0.15, -0.1) is 0 Å². The molecular formula is C28H54N12O8. The Morgan fingerprint density at radius 2 is 0.938 bits per heavy atom. The van der Waals surface area contributed by atoms with Gasteiger partial charge in [-0.25, -0.2) is 4.79 Å².